The molecule has 2 N–H and O–H groups in total. The molecular weight excluding hydrogens is 304 g/mol. The number of aliphatic imine (C=N–C) groups is 1. The fraction of sp³-hybridized carbons (Fsp3) is 0.714. The maximum absolute atomic E-state index is 5.38. The predicted octanol–water partition coefficient (Wildman–Crippen LogP) is 2.61. The maximum Gasteiger partial charge on any atom is 0.191 e. The molecule has 0 amide bonds. The van der Waals surface area contributed by atoms with Gasteiger partial charge in [-0.3, -0.25) is 4.99 Å². The average molecular weight is 331 g/mol. The molecule has 0 fully saturated rings. The van der Waals surface area contributed by atoms with Crippen molar-refractivity contribution in [2.24, 2.45) is 4.99 Å². The molecule has 1 aromatic rings. The molecule has 0 saturated carbocycles. The second kappa shape index (κ2) is 10.0. The van der Waals surface area contributed by atoms with E-state index in [4.69, 9.17) is 4.74 Å². The molecule has 0 bridgehead atoms. The highest BCUT2D eigenvalue weighted by atomic mass is 32.2. The molecule has 0 aliphatic carbocycles. The van der Waals surface area contributed by atoms with E-state index in [9.17, 15) is 0 Å². The molecule has 1 rings (SSSR count). The fourth-order valence-corrected chi connectivity index (χ4v) is 3.04. The van der Waals surface area contributed by atoms with Gasteiger partial charge >= 0.3 is 0 Å². The number of nitrogens with zero attached hydrogens (tertiary/aromatic N) is 2. The third kappa shape index (κ3) is 8.28. The molecule has 5 nitrogen and oxygen atoms in total. The first-order valence-electron chi connectivity index (χ1n) is 7.17. The van der Waals surface area contributed by atoms with Crippen LogP contribution in [0.1, 0.15) is 27.2 Å². The largest absolute Gasteiger partial charge is 0.377 e. The molecule has 0 unspecified atom stereocenters. The van der Waals surface area contributed by atoms with Gasteiger partial charge in [0.1, 0.15) is 4.34 Å². The lowest BCUT2D eigenvalue weighted by Gasteiger charge is -2.21. The van der Waals surface area contributed by atoms with Gasteiger partial charge in [-0.05, 0) is 27.2 Å². The molecule has 120 valence electrons. The average Bonchev–Trinajstić information content (AvgIpc) is 2.97. The SMILES string of the molecule is CCNC(=NCC(C)(C)OC)NCCCSc1nccs1. The van der Waals surface area contributed by atoms with E-state index < -0.39 is 0 Å². The summed E-state index contributed by atoms with van der Waals surface area (Å²) < 4.78 is 6.52. The highest BCUT2D eigenvalue weighted by molar-refractivity contribution is 8.00. The van der Waals surface area contributed by atoms with Crippen molar-refractivity contribution in [3.63, 3.8) is 0 Å². The summed E-state index contributed by atoms with van der Waals surface area (Å²) >= 11 is 3.49. The van der Waals surface area contributed by atoms with Gasteiger partial charge in [0, 0.05) is 37.5 Å². The summed E-state index contributed by atoms with van der Waals surface area (Å²) in [6.07, 6.45) is 2.92. The van der Waals surface area contributed by atoms with E-state index in [0.29, 0.717) is 6.54 Å². The third-order valence-electron chi connectivity index (χ3n) is 2.76. The van der Waals surface area contributed by atoms with Gasteiger partial charge in [0.15, 0.2) is 5.96 Å². The number of aromatic nitrogens is 1. The van der Waals surface area contributed by atoms with Crippen molar-refractivity contribution in [2.45, 2.75) is 37.1 Å². The fourth-order valence-electron chi connectivity index (χ4n) is 1.40. The minimum absolute atomic E-state index is 0.233. The summed E-state index contributed by atoms with van der Waals surface area (Å²) in [5.41, 5.74) is -0.233. The van der Waals surface area contributed by atoms with Crippen LogP contribution in [0.25, 0.3) is 0 Å². The molecule has 0 aliphatic rings. The van der Waals surface area contributed by atoms with E-state index in [-0.39, 0.29) is 5.60 Å². The molecule has 0 aromatic carbocycles. The van der Waals surface area contributed by atoms with Crippen molar-refractivity contribution < 1.29 is 4.74 Å². The van der Waals surface area contributed by atoms with Gasteiger partial charge in [0.2, 0.25) is 0 Å². The van der Waals surface area contributed by atoms with Gasteiger partial charge in [0.05, 0.1) is 12.1 Å². The van der Waals surface area contributed by atoms with E-state index in [1.165, 1.54) is 0 Å². The van der Waals surface area contributed by atoms with E-state index in [1.807, 2.05) is 25.4 Å². The number of methoxy groups -OCH3 is 1. The van der Waals surface area contributed by atoms with E-state index >= 15 is 0 Å². The van der Waals surface area contributed by atoms with Gasteiger partial charge in [-0.2, -0.15) is 0 Å². The Kier molecular flexibility index (Phi) is 8.72. The number of hydrogen-bond donors (Lipinski definition) is 2. The highest BCUT2D eigenvalue weighted by Gasteiger charge is 2.15. The van der Waals surface area contributed by atoms with Gasteiger partial charge in [-0.25, -0.2) is 4.98 Å². The van der Waals surface area contributed by atoms with Crippen molar-refractivity contribution in [3.05, 3.63) is 11.6 Å². The molecule has 21 heavy (non-hydrogen) atoms. The van der Waals surface area contributed by atoms with Crippen LogP contribution in [-0.4, -0.2) is 49.0 Å². The molecule has 0 aliphatic heterocycles. The van der Waals surface area contributed by atoms with Gasteiger partial charge < -0.3 is 15.4 Å². The van der Waals surface area contributed by atoms with Gasteiger partial charge in [-0.15, -0.1) is 11.3 Å². The van der Waals surface area contributed by atoms with Gasteiger partial charge in [-0.1, -0.05) is 11.8 Å². The predicted molar refractivity (Wildman–Crippen MR) is 92.5 cm³/mol. The second-order valence-electron chi connectivity index (χ2n) is 5.09. The quantitative estimate of drug-likeness (QED) is 0.315. The number of ether oxygens (including phenoxy) is 1. The Balaban J connectivity index is 2.25. The van der Waals surface area contributed by atoms with Crippen LogP contribution in [0.2, 0.25) is 0 Å². The van der Waals surface area contributed by atoms with Crippen LogP contribution in [0.3, 0.4) is 0 Å². The molecule has 0 spiro atoms. The minimum Gasteiger partial charge on any atom is -0.377 e. The summed E-state index contributed by atoms with van der Waals surface area (Å²) in [6, 6.07) is 0. The first-order chi connectivity index (χ1) is 10.1. The summed E-state index contributed by atoms with van der Waals surface area (Å²) in [5.74, 6) is 1.91. The molecule has 1 heterocycles. The first kappa shape index (κ1) is 18.3. The lowest BCUT2D eigenvalue weighted by atomic mass is 10.1. The third-order valence-corrected chi connectivity index (χ3v) is 4.82. The molecule has 0 saturated heterocycles. The summed E-state index contributed by atoms with van der Waals surface area (Å²) in [4.78, 5) is 8.81. The summed E-state index contributed by atoms with van der Waals surface area (Å²) in [7, 11) is 1.71. The van der Waals surface area contributed by atoms with Crippen LogP contribution in [-0.2, 0) is 4.74 Å². The number of nitrogens with one attached hydrogen (secondary N) is 2. The number of rotatable bonds is 9. The van der Waals surface area contributed by atoms with Crippen LogP contribution >= 0.6 is 23.1 Å². The Bertz CT molecular complexity index is 407. The van der Waals surface area contributed by atoms with Crippen molar-refractivity contribution in [1.29, 1.82) is 0 Å². The van der Waals surface area contributed by atoms with Gasteiger partial charge in [0.25, 0.3) is 0 Å². The Morgan fingerprint density at radius 2 is 2.29 bits per heavy atom. The zero-order valence-corrected chi connectivity index (χ0v) is 14.9. The van der Waals surface area contributed by atoms with Crippen molar-refractivity contribution >= 4 is 29.1 Å². The molecule has 7 heteroatoms. The first-order valence-corrected chi connectivity index (χ1v) is 9.03. The van der Waals surface area contributed by atoms with Crippen molar-refractivity contribution in [3.8, 4) is 0 Å². The second-order valence-corrected chi connectivity index (χ2v) is 7.32. The summed E-state index contributed by atoms with van der Waals surface area (Å²) in [5, 5.41) is 8.61. The standard InChI is InChI=1S/C14H26N4OS2/c1-5-15-12(18-11-14(2,3)19-4)16-7-6-9-20-13-17-8-10-21-13/h8,10H,5-7,9,11H2,1-4H3,(H2,15,16,18). The lowest BCUT2D eigenvalue weighted by Crippen LogP contribution is -2.39. The smallest absolute Gasteiger partial charge is 0.191 e. The number of guanidine groups is 1. The Labute approximate surface area is 136 Å². The van der Waals surface area contributed by atoms with Crippen LogP contribution in [0, 0.1) is 0 Å². The number of thioether (sulfide) groups is 1. The van der Waals surface area contributed by atoms with Crippen molar-refractivity contribution in [2.75, 3.05) is 32.5 Å². The zero-order chi connectivity index (χ0) is 15.6. The Morgan fingerprint density at radius 1 is 1.48 bits per heavy atom. The maximum atomic E-state index is 5.38. The Morgan fingerprint density at radius 3 is 2.90 bits per heavy atom. The molecular formula is C14H26N4OS2. The number of thiazole rings is 1. The van der Waals surface area contributed by atoms with Crippen LogP contribution in [0.5, 0.6) is 0 Å². The lowest BCUT2D eigenvalue weighted by molar-refractivity contribution is 0.0310. The topological polar surface area (TPSA) is 58.5 Å². The van der Waals surface area contributed by atoms with Crippen LogP contribution in [0.4, 0.5) is 0 Å². The van der Waals surface area contributed by atoms with Crippen LogP contribution < -0.4 is 10.6 Å². The van der Waals surface area contributed by atoms with Crippen LogP contribution in [0.15, 0.2) is 20.9 Å². The zero-order valence-electron chi connectivity index (χ0n) is 13.3. The molecule has 1 aromatic heterocycles. The Hall–Kier alpha value is -0.790. The number of hydrogen-bond acceptors (Lipinski definition) is 5. The molecule has 0 radical (unpaired) electrons. The summed E-state index contributed by atoms with van der Waals surface area (Å²) in [6.45, 7) is 8.52. The van der Waals surface area contributed by atoms with Crippen molar-refractivity contribution in [1.82, 2.24) is 15.6 Å². The van der Waals surface area contributed by atoms with E-state index in [0.717, 1.165) is 35.6 Å². The monoisotopic (exact) mass is 330 g/mol. The van der Waals surface area contributed by atoms with E-state index in [1.54, 1.807) is 30.2 Å². The highest BCUT2D eigenvalue weighted by Crippen LogP contribution is 2.20. The van der Waals surface area contributed by atoms with E-state index in [2.05, 4.69) is 27.5 Å². The molecule has 0 atom stereocenters. The minimum atomic E-state index is -0.233. The normalized spacial score (nSPS) is 12.5.